The lowest BCUT2D eigenvalue weighted by atomic mass is 9.93. The number of unbranched alkanes of at least 4 members (excludes halogenated alkanes) is 13. The topological polar surface area (TPSA) is 37.3 Å². The van der Waals surface area contributed by atoms with Crippen molar-refractivity contribution in [3.05, 3.63) is 0 Å². The maximum absolute atomic E-state index is 11.7. The van der Waals surface area contributed by atoms with E-state index in [4.69, 9.17) is 0 Å². The summed E-state index contributed by atoms with van der Waals surface area (Å²) in [5.41, 5.74) is 0. The van der Waals surface area contributed by atoms with Crippen molar-refractivity contribution in [2.45, 2.75) is 119 Å². The summed E-state index contributed by atoms with van der Waals surface area (Å²) in [4.78, 5) is 11.7. The maximum Gasteiger partial charge on any atom is 0.331 e. The molecule has 0 aliphatic heterocycles. The van der Waals surface area contributed by atoms with Crippen LogP contribution in [-0.4, -0.2) is 13.9 Å². The summed E-state index contributed by atoms with van der Waals surface area (Å²) >= 11 is 9.01. The van der Waals surface area contributed by atoms with Gasteiger partial charge in [0.05, 0.1) is 0 Å². The monoisotopic (exact) mass is 844 g/mol. The number of carboxylic acid groups (broad SMARTS) is 1. The standard InChI is InChI=1S/C22H40I4O2/c1-3-5-6-7-8-9-10-11-12-13-14-15-16-17-18-19(4-2)21(23,24)22(25,26)20(27)28/h19H,3-18H2,1-2H3,(H,27,28). The fourth-order valence-electron chi connectivity index (χ4n) is 3.63. The molecule has 0 aliphatic carbocycles. The van der Waals surface area contributed by atoms with Crippen LogP contribution in [0.2, 0.25) is 0 Å². The third kappa shape index (κ3) is 12.4. The Kier molecular flexibility index (Phi) is 19.4. The molecule has 0 saturated heterocycles. The molecule has 0 amide bonds. The van der Waals surface area contributed by atoms with Crippen molar-refractivity contribution >= 4 is 96.3 Å². The molecular weight excluding hydrogens is 804 g/mol. The summed E-state index contributed by atoms with van der Waals surface area (Å²) < 4.78 is -1.03. The van der Waals surface area contributed by atoms with Gasteiger partial charge in [-0.2, -0.15) is 0 Å². The van der Waals surface area contributed by atoms with E-state index in [1.54, 1.807) is 0 Å². The van der Waals surface area contributed by atoms with Crippen LogP contribution in [0.1, 0.15) is 117 Å². The first-order chi connectivity index (χ1) is 13.2. The van der Waals surface area contributed by atoms with Gasteiger partial charge in [0.15, 0.2) is 1.43 Å². The van der Waals surface area contributed by atoms with Gasteiger partial charge in [0.25, 0.3) is 0 Å². The lowest BCUT2D eigenvalue weighted by Gasteiger charge is -2.38. The van der Waals surface area contributed by atoms with Gasteiger partial charge in [-0.05, 0) is 12.3 Å². The molecule has 28 heavy (non-hydrogen) atoms. The van der Waals surface area contributed by atoms with E-state index in [0.29, 0.717) is 5.92 Å². The van der Waals surface area contributed by atoms with Gasteiger partial charge in [0.1, 0.15) is 1.43 Å². The van der Waals surface area contributed by atoms with Gasteiger partial charge >= 0.3 is 5.97 Å². The zero-order valence-electron chi connectivity index (χ0n) is 17.8. The number of carbonyl (C=O) groups is 1. The molecule has 6 heteroatoms. The molecule has 0 heterocycles. The molecule has 0 bridgehead atoms. The van der Waals surface area contributed by atoms with Crippen LogP contribution in [0.15, 0.2) is 0 Å². The summed E-state index contributed by atoms with van der Waals surface area (Å²) in [6.45, 7) is 4.48. The molecule has 1 unspecified atom stereocenters. The quantitative estimate of drug-likeness (QED) is 0.0799. The Morgan fingerprint density at radius 3 is 1.39 bits per heavy atom. The van der Waals surface area contributed by atoms with E-state index in [9.17, 15) is 9.90 Å². The molecule has 1 atom stereocenters. The fourth-order valence-corrected chi connectivity index (χ4v) is 6.47. The van der Waals surface area contributed by atoms with Crippen LogP contribution in [0, 0.1) is 5.92 Å². The van der Waals surface area contributed by atoms with Crippen LogP contribution < -0.4 is 0 Å². The zero-order valence-corrected chi connectivity index (χ0v) is 26.4. The van der Waals surface area contributed by atoms with Crippen molar-refractivity contribution in [2.75, 3.05) is 0 Å². The molecule has 0 aliphatic rings. The Morgan fingerprint density at radius 2 is 1.07 bits per heavy atom. The molecule has 0 rings (SSSR count). The van der Waals surface area contributed by atoms with Gasteiger partial charge in [0, 0.05) is 0 Å². The SMILES string of the molecule is CCCCCCCCCCCCCCCCC(CC)C(I)(I)C(I)(I)C(=O)O. The largest absolute Gasteiger partial charge is 0.480 e. The van der Waals surface area contributed by atoms with E-state index in [1.807, 2.05) is 0 Å². The van der Waals surface area contributed by atoms with Crippen LogP contribution in [0.4, 0.5) is 0 Å². The van der Waals surface area contributed by atoms with E-state index in [0.717, 1.165) is 12.8 Å². The van der Waals surface area contributed by atoms with Crippen molar-refractivity contribution in [2.24, 2.45) is 5.92 Å². The summed E-state index contributed by atoms with van der Waals surface area (Å²) in [6.07, 6.45) is 21.5. The van der Waals surface area contributed by atoms with Crippen molar-refractivity contribution in [3.8, 4) is 0 Å². The van der Waals surface area contributed by atoms with Crippen molar-refractivity contribution < 1.29 is 9.90 Å². The molecule has 2 nitrogen and oxygen atoms in total. The number of halogens is 4. The third-order valence-electron chi connectivity index (χ3n) is 5.60. The Labute approximate surface area is 228 Å². The molecule has 0 fully saturated rings. The molecule has 0 spiro atoms. The lowest BCUT2D eigenvalue weighted by molar-refractivity contribution is -0.136. The highest BCUT2D eigenvalue weighted by molar-refractivity contribution is 14.2. The first-order valence-corrected chi connectivity index (χ1v) is 15.5. The van der Waals surface area contributed by atoms with E-state index in [2.05, 4.69) is 104 Å². The Balaban J connectivity index is 3.75. The number of hydrogen-bond acceptors (Lipinski definition) is 1. The first kappa shape index (κ1) is 30.4. The summed E-state index contributed by atoms with van der Waals surface area (Å²) in [7, 11) is 0. The maximum atomic E-state index is 11.7. The lowest BCUT2D eigenvalue weighted by Crippen LogP contribution is -2.46. The highest BCUT2D eigenvalue weighted by atomic mass is 127. The molecule has 0 aromatic rings. The smallest absolute Gasteiger partial charge is 0.331 e. The van der Waals surface area contributed by atoms with Crippen LogP contribution in [0.5, 0.6) is 0 Å². The highest BCUT2D eigenvalue weighted by Gasteiger charge is 2.54. The predicted molar refractivity (Wildman–Crippen MR) is 158 cm³/mol. The first-order valence-electron chi connectivity index (χ1n) is 11.2. The van der Waals surface area contributed by atoms with Crippen LogP contribution >= 0.6 is 90.4 Å². The average molecular weight is 844 g/mol. The molecule has 168 valence electrons. The van der Waals surface area contributed by atoms with Crippen LogP contribution in [0.3, 0.4) is 0 Å². The second kappa shape index (κ2) is 17.9. The number of rotatable bonds is 19. The minimum Gasteiger partial charge on any atom is -0.480 e. The zero-order chi connectivity index (χ0) is 21.5. The molecule has 1 N–H and O–H groups in total. The molecule has 0 saturated carbocycles. The number of aliphatic carboxylic acids is 1. The molecule has 0 radical (unpaired) electrons. The fraction of sp³-hybridized carbons (Fsp3) is 0.955. The summed E-state index contributed by atoms with van der Waals surface area (Å²) in [5, 5.41) is 9.59. The molecule has 0 aromatic carbocycles. The minimum absolute atomic E-state index is 0.263. The number of alkyl halides is 4. The van der Waals surface area contributed by atoms with Gasteiger partial charge in [-0.1, -0.05) is 201 Å². The summed E-state index contributed by atoms with van der Waals surface area (Å²) in [6, 6.07) is 0. The molecular formula is C22H40I4O2. The highest BCUT2D eigenvalue weighted by Crippen LogP contribution is 2.56. The van der Waals surface area contributed by atoms with Gasteiger partial charge in [-0.25, -0.2) is 4.79 Å². The third-order valence-corrected chi connectivity index (χ3v) is 15.7. The van der Waals surface area contributed by atoms with E-state index >= 15 is 0 Å². The minimum atomic E-state index is -0.764. The van der Waals surface area contributed by atoms with Crippen molar-refractivity contribution in [3.63, 3.8) is 0 Å². The molecule has 0 aromatic heterocycles. The van der Waals surface area contributed by atoms with E-state index < -0.39 is 7.40 Å². The Hall–Kier alpha value is 2.39. The van der Waals surface area contributed by atoms with Gasteiger partial charge in [-0.15, -0.1) is 0 Å². The van der Waals surface area contributed by atoms with Gasteiger partial charge in [0.2, 0.25) is 0 Å². The number of hydrogen-bond donors (Lipinski definition) is 1. The second-order valence-electron chi connectivity index (χ2n) is 7.99. The van der Waals surface area contributed by atoms with Gasteiger partial charge < -0.3 is 5.11 Å². The van der Waals surface area contributed by atoms with Gasteiger partial charge in [-0.3, -0.25) is 0 Å². The predicted octanol–water partition coefficient (Wildman–Crippen LogP) is 10.1. The summed E-state index contributed by atoms with van der Waals surface area (Å²) in [5.74, 6) is -0.271. The van der Waals surface area contributed by atoms with Crippen LogP contribution in [-0.2, 0) is 4.79 Å². The van der Waals surface area contributed by atoms with E-state index in [1.165, 1.54) is 89.9 Å². The van der Waals surface area contributed by atoms with Crippen LogP contribution in [0.25, 0.3) is 0 Å². The average Bonchev–Trinajstić information content (AvgIpc) is 2.64. The second-order valence-corrected chi connectivity index (χ2v) is 18.8. The van der Waals surface area contributed by atoms with Crippen molar-refractivity contribution in [1.82, 2.24) is 0 Å². The van der Waals surface area contributed by atoms with Crippen molar-refractivity contribution in [1.29, 1.82) is 0 Å². The Morgan fingerprint density at radius 1 is 0.714 bits per heavy atom. The normalized spacial score (nSPS) is 13.6. The Bertz CT molecular complexity index is 400. The van der Waals surface area contributed by atoms with E-state index in [-0.39, 0.29) is 1.43 Å². The number of carboxylic acids is 1.